The largest absolute Gasteiger partial charge is 0.398 e. The minimum Gasteiger partial charge on any atom is -0.398 e. The molecular formula is C10H13ClN2O. The van der Waals surface area contributed by atoms with E-state index in [4.69, 9.17) is 17.3 Å². The first-order chi connectivity index (χ1) is 6.57. The van der Waals surface area contributed by atoms with E-state index in [0.717, 1.165) is 5.56 Å². The number of amides is 1. The number of carbonyl (C=O) groups is 1. The predicted molar refractivity (Wildman–Crippen MR) is 58.6 cm³/mol. The molecule has 3 N–H and O–H groups in total. The van der Waals surface area contributed by atoms with Crippen LogP contribution in [0.5, 0.6) is 0 Å². The number of hydrogen-bond donors (Lipinski definition) is 2. The van der Waals surface area contributed by atoms with Crippen molar-refractivity contribution in [1.29, 1.82) is 0 Å². The molecule has 0 saturated carbocycles. The average molecular weight is 213 g/mol. The lowest BCUT2D eigenvalue weighted by atomic mass is 10.1. The summed E-state index contributed by atoms with van der Waals surface area (Å²) < 4.78 is 0. The van der Waals surface area contributed by atoms with Crippen molar-refractivity contribution in [2.75, 3.05) is 12.3 Å². The van der Waals surface area contributed by atoms with Crippen molar-refractivity contribution in [2.45, 2.75) is 13.8 Å². The van der Waals surface area contributed by atoms with E-state index in [1.165, 1.54) is 0 Å². The van der Waals surface area contributed by atoms with Crippen molar-refractivity contribution in [2.24, 2.45) is 0 Å². The molecule has 1 aromatic carbocycles. The molecule has 0 aromatic heterocycles. The Morgan fingerprint density at radius 2 is 2.21 bits per heavy atom. The molecule has 0 bridgehead atoms. The van der Waals surface area contributed by atoms with Crippen LogP contribution in [0.3, 0.4) is 0 Å². The number of carbonyl (C=O) groups excluding carboxylic acids is 1. The second-order valence-electron chi connectivity index (χ2n) is 3.02. The standard InChI is InChI=1S/C10H13ClN2O/c1-3-13-10(14)8-7(12)5-4-6(2)9(8)11/h4-5H,3,12H2,1-2H3,(H,13,14). The minimum atomic E-state index is -0.223. The number of benzene rings is 1. The summed E-state index contributed by atoms with van der Waals surface area (Å²) in [6.07, 6.45) is 0. The topological polar surface area (TPSA) is 55.1 Å². The SMILES string of the molecule is CCNC(=O)c1c(N)ccc(C)c1Cl. The summed E-state index contributed by atoms with van der Waals surface area (Å²) in [6.45, 7) is 4.24. The van der Waals surface area contributed by atoms with Crippen LogP contribution in [0.1, 0.15) is 22.8 Å². The van der Waals surface area contributed by atoms with Gasteiger partial charge in [0, 0.05) is 12.2 Å². The first kappa shape index (κ1) is 10.9. The molecule has 0 fully saturated rings. The third kappa shape index (κ3) is 1.99. The van der Waals surface area contributed by atoms with E-state index in [1.807, 2.05) is 13.8 Å². The lowest BCUT2D eigenvalue weighted by Crippen LogP contribution is -2.24. The van der Waals surface area contributed by atoms with Crippen molar-refractivity contribution in [3.63, 3.8) is 0 Å². The lowest BCUT2D eigenvalue weighted by molar-refractivity contribution is 0.0957. The summed E-state index contributed by atoms with van der Waals surface area (Å²) in [4.78, 5) is 11.6. The fourth-order valence-electron chi connectivity index (χ4n) is 1.17. The second kappa shape index (κ2) is 4.33. The molecule has 0 radical (unpaired) electrons. The maximum absolute atomic E-state index is 11.6. The number of hydrogen-bond acceptors (Lipinski definition) is 2. The Kier molecular flexibility index (Phi) is 3.36. The molecule has 0 atom stereocenters. The van der Waals surface area contributed by atoms with Crippen molar-refractivity contribution >= 4 is 23.2 Å². The summed E-state index contributed by atoms with van der Waals surface area (Å²) in [5, 5.41) is 3.09. The van der Waals surface area contributed by atoms with Crippen LogP contribution in [-0.2, 0) is 0 Å². The van der Waals surface area contributed by atoms with Crippen LogP contribution in [-0.4, -0.2) is 12.5 Å². The quantitative estimate of drug-likeness (QED) is 0.737. The zero-order chi connectivity index (χ0) is 10.7. The normalized spacial score (nSPS) is 9.93. The van der Waals surface area contributed by atoms with Crippen LogP contribution in [0, 0.1) is 6.92 Å². The Morgan fingerprint density at radius 1 is 1.57 bits per heavy atom. The van der Waals surface area contributed by atoms with E-state index in [-0.39, 0.29) is 5.91 Å². The summed E-state index contributed by atoms with van der Waals surface area (Å²) in [6, 6.07) is 3.48. The minimum absolute atomic E-state index is 0.223. The van der Waals surface area contributed by atoms with E-state index in [9.17, 15) is 4.79 Å². The van der Waals surface area contributed by atoms with E-state index in [2.05, 4.69) is 5.32 Å². The van der Waals surface area contributed by atoms with Crippen LogP contribution in [0.4, 0.5) is 5.69 Å². The number of aryl methyl sites for hydroxylation is 1. The maximum atomic E-state index is 11.6. The summed E-state index contributed by atoms with van der Waals surface area (Å²) >= 11 is 5.99. The van der Waals surface area contributed by atoms with E-state index in [0.29, 0.717) is 22.8 Å². The number of rotatable bonds is 2. The molecule has 3 nitrogen and oxygen atoms in total. The smallest absolute Gasteiger partial charge is 0.254 e. The van der Waals surface area contributed by atoms with Crippen molar-refractivity contribution in [3.8, 4) is 0 Å². The molecule has 1 amide bonds. The summed E-state index contributed by atoms with van der Waals surface area (Å²) in [5.41, 5.74) is 7.30. The van der Waals surface area contributed by atoms with Gasteiger partial charge in [-0.25, -0.2) is 0 Å². The number of nitrogens with two attached hydrogens (primary N) is 1. The predicted octanol–water partition coefficient (Wildman–Crippen LogP) is 1.98. The fraction of sp³-hybridized carbons (Fsp3) is 0.300. The Hall–Kier alpha value is -1.22. The lowest BCUT2D eigenvalue weighted by Gasteiger charge is -2.09. The number of halogens is 1. The molecule has 0 saturated heterocycles. The van der Waals surface area contributed by atoms with Gasteiger partial charge < -0.3 is 11.1 Å². The van der Waals surface area contributed by atoms with Crippen molar-refractivity contribution in [3.05, 3.63) is 28.3 Å². The molecule has 76 valence electrons. The molecule has 0 aliphatic heterocycles. The molecule has 14 heavy (non-hydrogen) atoms. The van der Waals surface area contributed by atoms with Gasteiger partial charge in [-0.15, -0.1) is 0 Å². The third-order valence-electron chi connectivity index (χ3n) is 1.93. The molecular weight excluding hydrogens is 200 g/mol. The highest BCUT2D eigenvalue weighted by Gasteiger charge is 2.14. The summed E-state index contributed by atoms with van der Waals surface area (Å²) in [7, 11) is 0. The van der Waals surface area contributed by atoms with Crippen LogP contribution in [0.2, 0.25) is 5.02 Å². The molecule has 4 heteroatoms. The van der Waals surface area contributed by atoms with Gasteiger partial charge in [0.2, 0.25) is 0 Å². The van der Waals surface area contributed by atoms with Crippen LogP contribution in [0.25, 0.3) is 0 Å². The first-order valence-electron chi connectivity index (χ1n) is 4.40. The highest BCUT2D eigenvalue weighted by Crippen LogP contribution is 2.25. The first-order valence-corrected chi connectivity index (χ1v) is 4.78. The van der Waals surface area contributed by atoms with Crippen LogP contribution in [0.15, 0.2) is 12.1 Å². The molecule has 1 aromatic rings. The van der Waals surface area contributed by atoms with Crippen molar-refractivity contribution in [1.82, 2.24) is 5.32 Å². The number of nitrogens with one attached hydrogen (secondary N) is 1. The van der Waals surface area contributed by atoms with E-state index in [1.54, 1.807) is 12.1 Å². The van der Waals surface area contributed by atoms with Gasteiger partial charge in [0.15, 0.2) is 0 Å². The van der Waals surface area contributed by atoms with Gasteiger partial charge in [0.05, 0.1) is 10.6 Å². The molecule has 0 heterocycles. The monoisotopic (exact) mass is 212 g/mol. The highest BCUT2D eigenvalue weighted by molar-refractivity contribution is 6.35. The fourth-order valence-corrected chi connectivity index (χ4v) is 1.43. The average Bonchev–Trinajstić information content (AvgIpc) is 2.13. The van der Waals surface area contributed by atoms with Gasteiger partial charge in [-0.05, 0) is 25.5 Å². The van der Waals surface area contributed by atoms with Gasteiger partial charge in [-0.3, -0.25) is 4.79 Å². The van der Waals surface area contributed by atoms with E-state index >= 15 is 0 Å². The second-order valence-corrected chi connectivity index (χ2v) is 3.40. The number of anilines is 1. The molecule has 0 unspecified atom stereocenters. The molecule has 1 rings (SSSR count). The Morgan fingerprint density at radius 3 is 2.79 bits per heavy atom. The van der Waals surface area contributed by atoms with Crippen LogP contribution < -0.4 is 11.1 Å². The Balaban J connectivity index is 3.18. The number of nitrogen functional groups attached to an aromatic ring is 1. The Labute approximate surface area is 88.2 Å². The molecule has 0 spiro atoms. The van der Waals surface area contributed by atoms with Gasteiger partial charge >= 0.3 is 0 Å². The summed E-state index contributed by atoms with van der Waals surface area (Å²) in [5.74, 6) is -0.223. The van der Waals surface area contributed by atoms with Crippen molar-refractivity contribution < 1.29 is 4.79 Å². The third-order valence-corrected chi connectivity index (χ3v) is 2.42. The maximum Gasteiger partial charge on any atom is 0.254 e. The van der Waals surface area contributed by atoms with Crippen LogP contribution >= 0.6 is 11.6 Å². The zero-order valence-electron chi connectivity index (χ0n) is 8.23. The van der Waals surface area contributed by atoms with Gasteiger partial charge in [0.25, 0.3) is 5.91 Å². The molecule has 0 aliphatic carbocycles. The van der Waals surface area contributed by atoms with Gasteiger partial charge in [-0.1, -0.05) is 17.7 Å². The highest BCUT2D eigenvalue weighted by atomic mass is 35.5. The molecule has 0 aliphatic rings. The Bertz CT molecular complexity index is 363. The van der Waals surface area contributed by atoms with Gasteiger partial charge in [0.1, 0.15) is 0 Å². The zero-order valence-corrected chi connectivity index (χ0v) is 8.98. The van der Waals surface area contributed by atoms with Gasteiger partial charge in [-0.2, -0.15) is 0 Å². The van der Waals surface area contributed by atoms with E-state index < -0.39 is 0 Å².